The van der Waals surface area contributed by atoms with E-state index in [1.54, 1.807) is 48.5 Å². The van der Waals surface area contributed by atoms with Crippen LogP contribution in [-0.2, 0) is 0 Å². The molecule has 2 aromatic rings. The van der Waals surface area contributed by atoms with Gasteiger partial charge in [-0.05, 0) is 6.54 Å². The molecular formula is C16H17NO2. The van der Waals surface area contributed by atoms with Gasteiger partial charge in [0.25, 0.3) is 0 Å². The van der Waals surface area contributed by atoms with E-state index in [4.69, 9.17) is 5.73 Å². The zero-order valence-corrected chi connectivity index (χ0v) is 10.9. The Morgan fingerprint density at radius 1 is 0.789 bits per heavy atom. The second kappa shape index (κ2) is 7.95. The first kappa shape index (κ1) is 14.8. The Balaban J connectivity index is 0.000000550. The van der Waals surface area contributed by atoms with E-state index >= 15 is 0 Å². The molecule has 3 nitrogen and oxygen atoms in total. The highest BCUT2D eigenvalue weighted by Crippen LogP contribution is 2.07. The van der Waals surface area contributed by atoms with Crippen molar-refractivity contribution in [3.05, 3.63) is 71.8 Å². The molecule has 3 heteroatoms. The summed E-state index contributed by atoms with van der Waals surface area (Å²) in [7, 11) is 0. The van der Waals surface area contributed by atoms with Gasteiger partial charge in [-0.2, -0.15) is 0 Å². The lowest BCUT2D eigenvalue weighted by atomic mass is 10.0. The molecule has 0 atom stereocenters. The predicted octanol–water partition coefficient (Wildman–Crippen LogP) is 2.72. The van der Waals surface area contributed by atoms with Crippen LogP contribution in [0.2, 0.25) is 0 Å². The molecular weight excluding hydrogens is 238 g/mol. The lowest BCUT2D eigenvalue weighted by molar-refractivity contribution is 0.0817. The Morgan fingerprint density at radius 2 is 1.05 bits per heavy atom. The van der Waals surface area contributed by atoms with Gasteiger partial charge >= 0.3 is 0 Å². The lowest BCUT2D eigenvalue weighted by Gasteiger charge is -1.99. The maximum Gasteiger partial charge on any atom is 0.233 e. The van der Waals surface area contributed by atoms with Crippen LogP contribution in [0.4, 0.5) is 0 Å². The third-order valence-electron chi connectivity index (χ3n) is 2.28. The van der Waals surface area contributed by atoms with Gasteiger partial charge in [0.15, 0.2) is 0 Å². The van der Waals surface area contributed by atoms with Gasteiger partial charge in [-0.1, -0.05) is 67.6 Å². The number of Topliss-reactive ketones (excluding diaryl/α,β-unsaturated/α-hetero) is 2. The molecule has 19 heavy (non-hydrogen) atoms. The maximum absolute atomic E-state index is 11.8. The fourth-order valence-corrected chi connectivity index (χ4v) is 1.44. The zero-order valence-electron chi connectivity index (χ0n) is 10.9. The predicted molar refractivity (Wildman–Crippen MR) is 76.3 cm³/mol. The SMILES string of the molecule is CCN.O=C(C(=O)c1ccccc1)c1ccccc1. The molecule has 0 bridgehead atoms. The van der Waals surface area contributed by atoms with E-state index in [0.29, 0.717) is 11.1 Å². The first-order valence-corrected chi connectivity index (χ1v) is 6.09. The highest BCUT2D eigenvalue weighted by molar-refractivity contribution is 6.49. The average molecular weight is 255 g/mol. The van der Waals surface area contributed by atoms with Crippen LogP contribution in [0.5, 0.6) is 0 Å². The first-order chi connectivity index (χ1) is 9.20. The van der Waals surface area contributed by atoms with Crippen LogP contribution >= 0.6 is 0 Å². The van der Waals surface area contributed by atoms with E-state index in [-0.39, 0.29) is 0 Å². The molecule has 0 amide bonds. The summed E-state index contributed by atoms with van der Waals surface area (Å²) in [6.45, 7) is 2.65. The summed E-state index contributed by atoms with van der Waals surface area (Å²) in [6.07, 6.45) is 0. The van der Waals surface area contributed by atoms with E-state index in [1.165, 1.54) is 0 Å². The van der Waals surface area contributed by atoms with Gasteiger partial charge in [-0.3, -0.25) is 9.59 Å². The summed E-state index contributed by atoms with van der Waals surface area (Å²) in [4.78, 5) is 23.6. The minimum Gasteiger partial charge on any atom is -0.331 e. The topological polar surface area (TPSA) is 60.2 Å². The number of carbonyl (C=O) groups excluding carboxylic acids is 2. The van der Waals surface area contributed by atoms with Crippen LogP contribution < -0.4 is 5.73 Å². The van der Waals surface area contributed by atoms with Gasteiger partial charge < -0.3 is 5.73 Å². The maximum atomic E-state index is 11.8. The Labute approximate surface area is 113 Å². The summed E-state index contributed by atoms with van der Waals surface area (Å²) in [5, 5.41) is 0. The second-order valence-electron chi connectivity index (χ2n) is 3.80. The molecule has 98 valence electrons. The van der Waals surface area contributed by atoms with Crippen molar-refractivity contribution >= 4 is 11.6 Å². The number of nitrogens with two attached hydrogens (primary N) is 1. The monoisotopic (exact) mass is 255 g/mol. The van der Waals surface area contributed by atoms with Gasteiger partial charge in [0, 0.05) is 11.1 Å². The fourth-order valence-electron chi connectivity index (χ4n) is 1.44. The molecule has 0 aliphatic heterocycles. The molecule has 2 aromatic carbocycles. The van der Waals surface area contributed by atoms with Gasteiger partial charge in [-0.25, -0.2) is 0 Å². The van der Waals surface area contributed by atoms with Gasteiger partial charge in [0.2, 0.25) is 11.6 Å². The molecule has 0 heterocycles. The molecule has 2 N–H and O–H groups in total. The Kier molecular flexibility index (Phi) is 6.19. The van der Waals surface area contributed by atoms with Crippen molar-refractivity contribution in [1.29, 1.82) is 0 Å². The van der Waals surface area contributed by atoms with Crippen molar-refractivity contribution in [2.45, 2.75) is 6.92 Å². The highest BCUT2D eigenvalue weighted by atomic mass is 16.2. The number of carbonyl (C=O) groups is 2. The van der Waals surface area contributed by atoms with Crippen molar-refractivity contribution < 1.29 is 9.59 Å². The van der Waals surface area contributed by atoms with Gasteiger partial charge in [0.05, 0.1) is 0 Å². The van der Waals surface area contributed by atoms with Crippen LogP contribution in [0.15, 0.2) is 60.7 Å². The Morgan fingerprint density at radius 3 is 1.32 bits per heavy atom. The number of hydrogen-bond donors (Lipinski definition) is 1. The third kappa shape index (κ3) is 4.48. The zero-order chi connectivity index (χ0) is 14.1. The standard InChI is InChI=1S/C14H10O2.C2H7N/c15-13(11-7-3-1-4-8-11)14(16)12-9-5-2-6-10-12;1-2-3/h1-10H;2-3H2,1H3. The second-order valence-corrected chi connectivity index (χ2v) is 3.80. The summed E-state index contributed by atoms with van der Waals surface area (Å²) in [6, 6.07) is 17.2. The van der Waals surface area contributed by atoms with E-state index < -0.39 is 11.6 Å². The minimum atomic E-state index is -0.466. The summed E-state index contributed by atoms with van der Waals surface area (Å²) >= 11 is 0. The molecule has 0 aromatic heterocycles. The smallest absolute Gasteiger partial charge is 0.233 e. The number of hydrogen-bond acceptors (Lipinski definition) is 3. The minimum absolute atomic E-state index is 0.427. The van der Waals surface area contributed by atoms with Crippen LogP contribution in [0.25, 0.3) is 0 Å². The number of rotatable bonds is 3. The summed E-state index contributed by atoms with van der Waals surface area (Å²) in [5.41, 5.74) is 5.70. The van der Waals surface area contributed by atoms with Gasteiger partial charge in [-0.15, -0.1) is 0 Å². The summed E-state index contributed by atoms with van der Waals surface area (Å²) < 4.78 is 0. The molecule has 0 spiro atoms. The Bertz CT molecular complexity index is 471. The molecule has 0 aliphatic carbocycles. The fraction of sp³-hybridized carbons (Fsp3) is 0.125. The highest BCUT2D eigenvalue weighted by Gasteiger charge is 2.16. The van der Waals surface area contributed by atoms with Crippen molar-refractivity contribution in [2.24, 2.45) is 5.73 Å². The molecule has 2 rings (SSSR count). The van der Waals surface area contributed by atoms with Crippen LogP contribution in [-0.4, -0.2) is 18.1 Å². The van der Waals surface area contributed by atoms with Crippen molar-refractivity contribution in [3.63, 3.8) is 0 Å². The van der Waals surface area contributed by atoms with Crippen LogP contribution in [0, 0.1) is 0 Å². The quantitative estimate of drug-likeness (QED) is 0.677. The molecule has 0 saturated carbocycles. The van der Waals surface area contributed by atoms with E-state index in [2.05, 4.69) is 0 Å². The first-order valence-electron chi connectivity index (χ1n) is 6.09. The van der Waals surface area contributed by atoms with Crippen molar-refractivity contribution in [2.75, 3.05) is 6.54 Å². The molecule has 0 radical (unpaired) electrons. The van der Waals surface area contributed by atoms with Crippen molar-refractivity contribution in [3.8, 4) is 0 Å². The normalized spacial score (nSPS) is 9.16. The average Bonchev–Trinajstić information content (AvgIpc) is 2.48. The van der Waals surface area contributed by atoms with E-state index in [0.717, 1.165) is 6.54 Å². The summed E-state index contributed by atoms with van der Waals surface area (Å²) in [5.74, 6) is -0.932. The van der Waals surface area contributed by atoms with Gasteiger partial charge in [0.1, 0.15) is 0 Å². The third-order valence-corrected chi connectivity index (χ3v) is 2.28. The molecule has 0 saturated heterocycles. The molecule has 0 fully saturated rings. The van der Waals surface area contributed by atoms with Crippen molar-refractivity contribution in [1.82, 2.24) is 0 Å². The number of benzene rings is 2. The van der Waals surface area contributed by atoms with Crippen LogP contribution in [0.1, 0.15) is 27.6 Å². The Hall–Kier alpha value is -2.26. The largest absolute Gasteiger partial charge is 0.331 e. The van der Waals surface area contributed by atoms with Crippen LogP contribution in [0.3, 0.4) is 0 Å². The molecule has 0 unspecified atom stereocenters. The van der Waals surface area contributed by atoms with E-state index in [1.807, 2.05) is 19.1 Å². The number of ketones is 2. The molecule has 0 aliphatic rings. The van der Waals surface area contributed by atoms with E-state index in [9.17, 15) is 9.59 Å². The lowest BCUT2D eigenvalue weighted by Crippen LogP contribution is -2.14.